The Morgan fingerprint density at radius 3 is 2.42 bits per heavy atom. The van der Waals surface area contributed by atoms with Gasteiger partial charge in [-0.3, -0.25) is 0 Å². The molecule has 0 radical (unpaired) electrons. The van der Waals surface area contributed by atoms with Crippen molar-refractivity contribution < 1.29 is 9.47 Å². The van der Waals surface area contributed by atoms with E-state index in [9.17, 15) is 5.26 Å². The molecule has 0 aliphatic carbocycles. The molecule has 0 spiro atoms. The number of rotatable bonds is 3. The van der Waals surface area contributed by atoms with Gasteiger partial charge in [0.1, 0.15) is 0 Å². The molecule has 1 heterocycles. The predicted octanol–water partition coefficient (Wildman–Crippen LogP) is 2.19. The lowest BCUT2D eigenvalue weighted by molar-refractivity contribution is 0.217. The molecule has 0 N–H and O–H groups in total. The van der Waals surface area contributed by atoms with Crippen LogP contribution in [-0.2, 0) is 5.41 Å². The molecule has 102 valence electrons. The van der Waals surface area contributed by atoms with Gasteiger partial charge in [0.2, 0.25) is 0 Å². The minimum Gasteiger partial charge on any atom is -0.493 e. The number of nitriles is 1. The van der Waals surface area contributed by atoms with E-state index in [0.717, 1.165) is 31.5 Å². The van der Waals surface area contributed by atoms with Gasteiger partial charge in [0, 0.05) is 5.56 Å². The highest BCUT2D eigenvalue weighted by Crippen LogP contribution is 2.43. The number of hydrogen-bond donors (Lipinski definition) is 0. The summed E-state index contributed by atoms with van der Waals surface area (Å²) in [6, 6.07) is 8.29. The second-order valence-electron chi connectivity index (χ2n) is 5.04. The van der Waals surface area contributed by atoms with E-state index in [1.165, 1.54) is 0 Å². The summed E-state index contributed by atoms with van der Waals surface area (Å²) in [5.74, 6) is 1.38. The van der Waals surface area contributed by atoms with E-state index >= 15 is 0 Å². The van der Waals surface area contributed by atoms with E-state index < -0.39 is 5.41 Å². The number of piperidine rings is 1. The van der Waals surface area contributed by atoms with Gasteiger partial charge in [-0.25, -0.2) is 0 Å². The molecule has 0 amide bonds. The molecule has 1 aliphatic rings. The maximum atomic E-state index is 9.70. The molecule has 1 aromatic carbocycles. The van der Waals surface area contributed by atoms with Gasteiger partial charge < -0.3 is 14.4 Å². The molecule has 4 heteroatoms. The zero-order valence-corrected chi connectivity index (χ0v) is 11.8. The molecule has 1 fully saturated rings. The van der Waals surface area contributed by atoms with Crippen molar-refractivity contribution in [2.45, 2.75) is 18.3 Å². The van der Waals surface area contributed by atoms with Crippen molar-refractivity contribution in [3.8, 4) is 17.6 Å². The molecule has 1 aromatic rings. The lowest BCUT2D eigenvalue weighted by Gasteiger charge is -2.36. The average molecular weight is 260 g/mol. The third kappa shape index (κ3) is 2.39. The fourth-order valence-corrected chi connectivity index (χ4v) is 2.71. The lowest BCUT2D eigenvalue weighted by Crippen LogP contribution is -2.40. The fraction of sp³-hybridized carbons (Fsp3) is 0.533. The van der Waals surface area contributed by atoms with Crippen LogP contribution in [-0.4, -0.2) is 39.3 Å². The molecule has 1 aliphatic heterocycles. The first-order valence-electron chi connectivity index (χ1n) is 6.48. The van der Waals surface area contributed by atoms with Crippen molar-refractivity contribution in [2.24, 2.45) is 0 Å². The molecule has 4 nitrogen and oxygen atoms in total. The normalized spacial score (nSPS) is 18.6. The standard InChI is InChI=1S/C15H20N2O2/c1-17-9-7-15(11-16,8-10-17)12-5-4-6-13(18-2)14(12)19-3/h4-6H,7-10H2,1-3H3. The van der Waals surface area contributed by atoms with Crippen LogP contribution in [0.25, 0.3) is 0 Å². The zero-order valence-electron chi connectivity index (χ0n) is 11.8. The highest BCUT2D eigenvalue weighted by atomic mass is 16.5. The molecule has 0 saturated carbocycles. The van der Waals surface area contributed by atoms with E-state index in [1.54, 1.807) is 14.2 Å². The van der Waals surface area contributed by atoms with Gasteiger partial charge in [0.15, 0.2) is 11.5 Å². The largest absolute Gasteiger partial charge is 0.493 e. The van der Waals surface area contributed by atoms with E-state index in [-0.39, 0.29) is 0 Å². The second-order valence-corrected chi connectivity index (χ2v) is 5.04. The molecule has 0 unspecified atom stereocenters. The SMILES string of the molecule is COc1cccc(C2(C#N)CCN(C)CC2)c1OC. The van der Waals surface area contributed by atoms with E-state index in [2.05, 4.69) is 18.0 Å². The van der Waals surface area contributed by atoms with Crippen LogP contribution in [0.3, 0.4) is 0 Å². The number of nitrogens with zero attached hydrogens (tertiary/aromatic N) is 2. The zero-order chi connectivity index (χ0) is 13.9. The van der Waals surface area contributed by atoms with E-state index in [1.807, 2.05) is 18.2 Å². The number of likely N-dealkylation sites (tertiary alicyclic amines) is 1. The molecular formula is C15H20N2O2. The monoisotopic (exact) mass is 260 g/mol. The fourth-order valence-electron chi connectivity index (χ4n) is 2.71. The van der Waals surface area contributed by atoms with E-state index in [4.69, 9.17) is 9.47 Å². The Bertz CT molecular complexity index is 485. The summed E-state index contributed by atoms with van der Waals surface area (Å²) in [5, 5.41) is 9.70. The molecule has 2 rings (SSSR count). The number of para-hydroxylation sites is 1. The Labute approximate surface area is 114 Å². The van der Waals surface area contributed by atoms with Gasteiger partial charge in [0.05, 0.1) is 25.7 Å². The van der Waals surface area contributed by atoms with Crippen molar-refractivity contribution in [1.82, 2.24) is 4.90 Å². The number of methoxy groups -OCH3 is 2. The average Bonchev–Trinajstić information content (AvgIpc) is 2.47. The summed E-state index contributed by atoms with van der Waals surface area (Å²) >= 11 is 0. The summed E-state index contributed by atoms with van der Waals surface area (Å²) in [5.41, 5.74) is 0.483. The first kappa shape index (κ1) is 13.7. The molecular weight excluding hydrogens is 240 g/mol. The van der Waals surface area contributed by atoms with Gasteiger partial charge in [-0.15, -0.1) is 0 Å². The number of hydrogen-bond acceptors (Lipinski definition) is 4. The van der Waals surface area contributed by atoms with Gasteiger partial charge >= 0.3 is 0 Å². The lowest BCUT2D eigenvalue weighted by atomic mass is 9.73. The summed E-state index contributed by atoms with van der Waals surface area (Å²) < 4.78 is 10.8. The number of benzene rings is 1. The topological polar surface area (TPSA) is 45.5 Å². The van der Waals surface area contributed by atoms with Gasteiger partial charge in [-0.05, 0) is 39.0 Å². The summed E-state index contributed by atoms with van der Waals surface area (Å²) in [7, 11) is 5.33. The van der Waals surface area contributed by atoms with Gasteiger partial charge in [-0.2, -0.15) is 5.26 Å². The molecule has 19 heavy (non-hydrogen) atoms. The van der Waals surface area contributed by atoms with Crippen LogP contribution in [0.1, 0.15) is 18.4 Å². The maximum absolute atomic E-state index is 9.70. The van der Waals surface area contributed by atoms with Crippen molar-refractivity contribution in [3.63, 3.8) is 0 Å². The van der Waals surface area contributed by atoms with Crippen LogP contribution in [0.5, 0.6) is 11.5 Å². The Morgan fingerprint density at radius 1 is 1.21 bits per heavy atom. The molecule has 0 atom stereocenters. The van der Waals surface area contributed by atoms with Gasteiger partial charge in [0.25, 0.3) is 0 Å². The summed E-state index contributed by atoms with van der Waals surface area (Å²) in [4.78, 5) is 2.25. The molecule has 0 aromatic heterocycles. The first-order chi connectivity index (χ1) is 9.16. The third-order valence-electron chi connectivity index (χ3n) is 3.97. The Morgan fingerprint density at radius 2 is 1.89 bits per heavy atom. The van der Waals surface area contributed by atoms with E-state index in [0.29, 0.717) is 11.5 Å². The van der Waals surface area contributed by atoms with Crippen molar-refractivity contribution >= 4 is 0 Å². The molecule has 0 bridgehead atoms. The summed E-state index contributed by atoms with van der Waals surface area (Å²) in [6.45, 7) is 1.85. The Hall–Kier alpha value is -1.73. The van der Waals surface area contributed by atoms with Crippen molar-refractivity contribution in [2.75, 3.05) is 34.4 Å². The highest BCUT2D eigenvalue weighted by molar-refractivity contribution is 5.52. The quantitative estimate of drug-likeness (QED) is 0.835. The molecule has 1 saturated heterocycles. The minimum atomic E-state index is -0.466. The highest BCUT2D eigenvalue weighted by Gasteiger charge is 2.38. The van der Waals surface area contributed by atoms with Gasteiger partial charge in [-0.1, -0.05) is 12.1 Å². The predicted molar refractivity (Wildman–Crippen MR) is 73.6 cm³/mol. The van der Waals surface area contributed by atoms with Crippen LogP contribution >= 0.6 is 0 Å². The van der Waals surface area contributed by atoms with Crippen LogP contribution < -0.4 is 9.47 Å². The van der Waals surface area contributed by atoms with Crippen LogP contribution in [0.2, 0.25) is 0 Å². The Kier molecular flexibility index (Phi) is 3.96. The second kappa shape index (κ2) is 5.50. The number of ether oxygens (including phenoxy) is 2. The maximum Gasteiger partial charge on any atom is 0.165 e. The van der Waals surface area contributed by atoms with Crippen molar-refractivity contribution in [1.29, 1.82) is 5.26 Å². The van der Waals surface area contributed by atoms with Crippen molar-refractivity contribution in [3.05, 3.63) is 23.8 Å². The third-order valence-corrected chi connectivity index (χ3v) is 3.97. The van der Waals surface area contributed by atoms with Crippen LogP contribution in [0.15, 0.2) is 18.2 Å². The smallest absolute Gasteiger partial charge is 0.165 e. The van der Waals surface area contributed by atoms with Crippen LogP contribution in [0.4, 0.5) is 0 Å². The first-order valence-corrected chi connectivity index (χ1v) is 6.48. The summed E-state index contributed by atoms with van der Waals surface area (Å²) in [6.07, 6.45) is 1.65. The Balaban J connectivity index is 2.47. The van der Waals surface area contributed by atoms with Crippen LogP contribution in [0, 0.1) is 11.3 Å². The minimum absolute atomic E-state index is 0.466.